The van der Waals surface area contributed by atoms with Crippen LogP contribution in [0.15, 0.2) is 34.5 Å². The van der Waals surface area contributed by atoms with Crippen LogP contribution in [0.25, 0.3) is 11.0 Å². The third-order valence-corrected chi connectivity index (χ3v) is 3.45. The van der Waals surface area contributed by atoms with Gasteiger partial charge in [0.15, 0.2) is 11.6 Å². The zero-order valence-electron chi connectivity index (χ0n) is 11.1. The molecule has 1 aliphatic carbocycles. The summed E-state index contributed by atoms with van der Waals surface area (Å²) in [6, 6.07) is 3.27. The van der Waals surface area contributed by atoms with E-state index in [-0.39, 0.29) is 29.3 Å². The van der Waals surface area contributed by atoms with Gasteiger partial charge in [0.25, 0.3) is 0 Å². The van der Waals surface area contributed by atoms with Crippen molar-refractivity contribution >= 4 is 28.3 Å². The van der Waals surface area contributed by atoms with Gasteiger partial charge in [-0.15, -0.1) is 0 Å². The first-order valence-corrected chi connectivity index (χ1v) is 6.28. The van der Waals surface area contributed by atoms with Crippen LogP contribution < -0.4 is 0 Å². The first-order valence-electron chi connectivity index (χ1n) is 6.28. The van der Waals surface area contributed by atoms with Gasteiger partial charge in [-0.2, -0.15) is 0 Å². The monoisotopic (exact) mass is 268 g/mol. The summed E-state index contributed by atoms with van der Waals surface area (Å²) in [7, 11) is 0. The smallest absolute Gasteiger partial charge is 0.190 e. The van der Waals surface area contributed by atoms with E-state index in [9.17, 15) is 14.4 Å². The van der Waals surface area contributed by atoms with Gasteiger partial charge in [0, 0.05) is 28.5 Å². The number of carbonyl (C=O) groups excluding carboxylic acids is 3. The van der Waals surface area contributed by atoms with Crippen LogP contribution in [0.5, 0.6) is 0 Å². The van der Waals surface area contributed by atoms with E-state index < -0.39 is 0 Å². The second-order valence-electron chi connectivity index (χ2n) is 5.05. The molecule has 0 bridgehead atoms. The minimum absolute atomic E-state index is 0.0146. The SMILES string of the molecule is CC(=O)CC1=CC(=O)c2cc3c(C)coc3cc2C1=O. The van der Waals surface area contributed by atoms with E-state index in [2.05, 4.69) is 0 Å². The molecule has 20 heavy (non-hydrogen) atoms. The molecule has 0 fully saturated rings. The highest BCUT2D eigenvalue weighted by molar-refractivity contribution is 6.26. The van der Waals surface area contributed by atoms with Crippen molar-refractivity contribution < 1.29 is 18.8 Å². The van der Waals surface area contributed by atoms with Crippen LogP contribution >= 0.6 is 0 Å². The first-order chi connectivity index (χ1) is 9.47. The van der Waals surface area contributed by atoms with Crippen LogP contribution in [-0.4, -0.2) is 17.3 Å². The van der Waals surface area contributed by atoms with Crippen molar-refractivity contribution in [1.82, 2.24) is 0 Å². The Morgan fingerprint density at radius 2 is 1.95 bits per heavy atom. The zero-order valence-corrected chi connectivity index (χ0v) is 11.1. The number of carbonyl (C=O) groups is 3. The van der Waals surface area contributed by atoms with Crippen LogP contribution in [-0.2, 0) is 4.79 Å². The Hall–Kier alpha value is -2.49. The Labute approximate surface area is 115 Å². The third kappa shape index (κ3) is 1.81. The molecular formula is C16H12O4. The summed E-state index contributed by atoms with van der Waals surface area (Å²) in [6.45, 7) is 3.28. The van der Waals surface area contributed by atoms with Gasteiger partial charge in [-0.3, -0.25) is 14.4 Å². The lowest BCUT2D eigenvalue weighted by molar-refractivity contribution is -0.116. The molecule has 4 nitrogen and oxygen atoms in total. The van der Waals surface area contributed by atoms with Crippen LogP contribution in [0.4, 0.5) is 0 Å². The third-order valence-electron chi connectivity index (χ3n) is 3.45. The maximum absolute atomic E-state index is 12.3. The fraction of sp³-hybridized carbons (Fsp3) is 0.188. The highest BCUT2D eigenvalue weighted by atomic mass is 16.3. The molecule has 0 amide bonds. The minimum Gasteiger partial charge on any atom is -0.464 e. The van der Waals surface area contributed by atoms with Crippen LogP contribution in [0.1, 0.15) is 39.6 Å². The number of ketones is 3. The number of hydrogen-bond donors (Lipinski definition) is 0. The molecule has 1 aromatic carbocycles. The quantitative estimate of drug-likeness (QED) is 0.839. The molecule has 1 heterocycles. The van der Waals surface area contributed by atoms with Gasteiger partial charge in [-0.05, 0) is 37.6 Å². The molecule has 2 aromatic rings. The molecule has 0 aliphatic heterocycles. The van der Waals surface area contributed by atoms with Crippen molar-refractivity contribution in [2.75, 3.05) is 0 Å². The molecule has 0 N–H and O–H groups in total. The lowest BCUT2D eigenvalue weighted by atomic mass is 9.86. The van der Waals surface area contributed by atoms with E-state index in [4.69, 9.17) is 4.42 Å². The number of benzene rings is 1. The molecule has 0 unspecified atom stereocenters. The van der Waals surface area contributed by atoms with E-state index >= 15 is 0 Å². The number of furan rings is 1. The van der Waals surface area contributed by atoms with Gasteiger partial charge in [-0.1, -0.05) is 0 Å². The van der Waals surface area contributed by atoms with Gasteiger partial charge < -0.3 is 4.42 Å². The van der Waals surface area contributed by atoms with Gasteiger partial charge in [0.2, 0.25) is 0 Å². The van der Waals surface area contributed by atoms with Gasteiger partial charge in [0.1, 0.15) is 11.4 Å². The predicted molar refractivity (Wildman–Crippen MR) is 73.0 cm³/mol. The number of fused-ring (bicyclic) bond motifs is 2. The Bertz CT molecular complexity index is 805. The first kappa shape index (κ1) is 12.5. The van der Waals surface area contributed by atoms with Gasteiger partial charge in [-0.25, -0.2) is 0 Å². The summed E-state index contributed by atoms with van der Waals surface area (Å²) < 4.78 is 5.36. The van der Waals surface area contributed by atoms with E-state index in [1.807, 2.05) is 6.92 Å². The van der Waals surface area contributed by atoms with Crippen molar-refractivity contribution in [2.24, 2.45) is 0 Å². The highest BCUT2D eigenvalue weighted by Crippen LogP contribution is 2.30. The minimum atomic E-state index is -0.272. The number of aryl methyl sites for hydroxylation is 1. The molecule has 0 saturated carbocycles. The summed E-state index contributed by atoms with van der Waals surface area (Å²) in [5, 5.41) is 0.827. The van der Waals surface area contributed by atoms with E-state index in [0.717, 1.165) is 10.9 Å². The van der Waals surface area contributed by atoms with Gasteiger partial charge in [0.05, 0.1) is 6.26 Å². The second kappa shape index (κ2) is 4.27. The Morgan fingerprint density at radius 1 is 1.20 bits per heavy atom. The molecule has 1 aliphatic rings. The summed E-state index contributed by atoms with van der Waals surface area (Å²) in [4.78, 5) is 35.6. The molecule has 100 valence electrons. The van der Waals surface area contributed by atoms with Crippen molar-refractivity contribution in [3.8, 4) is 0 Å². The van der Waals surface area contributed by atoms with Crippen molar-refractivity contribution in [3.05, 3.63) is 46.7 Å². The average molecular weight is 268 g/mol. The molecular weight excluding hydrogens is 256 g/mol. The molecule has 0 atom stereocenters. The topological polar surface area (TPSA) is 64.3 Å². The number of Topliss-reactive ketones (excluding diaryl/α,β-unsaturated/α-hetero) is 2. The summed E-state index contributed by atoms with van der Waals surface area (Å²) in [5.74, 6) is -0.653. The van der Waals surface area contributed by atoms with Crippen LogP contribution in [0, 0.1) is 6.92 Å². The highest BCUT2D eigenvalue weighted by Gasteiger charge is 2.27. The van der Waals surface area contributed by atoms with Crippen LogP contribution in [0.2, 0.25) is 0 Å². The summed E-state index contributed by atoms with van der Waals surface area (Å²) >= 11 is 0. The lowest BCUT2D eigenvalue weighted by Gasteiger charge is -2.14. The van der Waals surface area contributed by atoms with E-state index in [1.54, 1.807) is 18.4 Å². The molecule has 0 spiro atoms. The molecule has 1 aromatic heterocycles. The summed E-state index contributed by atoms with van der Waals surface area (Å²) in [5.41, 5.74) is 2.43. The Morgan fingerprint density at radius 3 is 2.65 bits per heavy atom. The Balaban J connectivity index is 2.19. The standard InChI is InChI=1S/C16H12O4/c1-8-7-20-15-6-13-12(5-11(8)15)14(18)4-10(16(13)19)3-9(2)17/h4-7H,3H2,1-2H3. The van der Waals surface area contributed by atoms with Crippen molar-refractivity contribution in [3.63, 3.8) is 0 Å². The molecule has 3 rings (SSSR count). The van der Waals surface area contributed by atoms with E-state index in [0.29, 0.717) is 16.7 Å². The fourth-order valence-electron chi connectivity index (χ4n) is 2.47. The van der Waals surface area contributed by atoms with Crippen molar-refractivity contribution in [1.29, 1.82) is 0 Å². The normalized spacial score (nSPS) is 14.4. The number of hydrogen-bond acceptors (Lipinski definition) is 4. The van der Waals surface area contributed by atoms with Crippen LogP contribution in [0.3, 0.4) is 0 Å². The lowest BCUT2D eigenvalue weighted by Crippen LogP contribution is -2.18. The van der Waals surface area contributed by atoms with Gasteiger partial charge >= 0.3 is 0 Å². The average Bonchev–Trinajstić information content (AvgIpc) is 2.75. The van der Waals surface area contributed by atoms with E-state index in [1.165, 1.54) is 13.0 Å². The summed E-state index contributed by atoms with van der Waals surface area (Å²) in [6.07, 6.45) is 2.85. The number of rotatable bonds is 2. The predicted octanol–water partition coefficient (Wildman–Crippen LogP) is 3.03. The molecule has 0 radical (unpaired) electrons. The van der Waals surface area contributed by atoms with Crippen molar-refractivity contribution in [2.45, 2.75) is 20.3 Å². The maximum atomic E-state index is 12.3. The molecule has 0 saturated heterocycles. The maximum Gasteiger partial charge on any atom is 0.190 e. The zero-order chi connectivity index (χ0) is 14.4. The Kier molecular flexibility index (Phi) is 2.67. The second-order valence-corrected chi connectivity index (χ2v) is 5.05. The number of allylic oxidation sites excluding steroid dienone is 2. The fourth-order valence-corrected chi connectivity index (χ4v) is 2.47. The molecule has 4 heteroatoms. The largest absolute Gasteiger partial charge is 0.464 e.